The monoisotopic (exact) mass is 486 g/mol. The predicted octanol–water partition coefficient (Wildman–Crippen LogP) is 5.15. The average molecular weight is 487 g/mol. The Balaban J connectivity index is 1.68. The Hall–Kier alpha value is -2.47. The molecule has 0 aromatic heterocycles. The van der Waals surface area contributed by atoms with Crippen LogP contribution in [0, 0.1) is 11.8 Å². The molecule has 1 heterocycles. The summed E-state index contributed by atoms with van der Waals surface area (Å²) in [7, 11) is 1.64. The maximum absolute atomic E-state index is 13.6. The Morgan fingerprint density at radius 3 is 2.35 bits per heavy atom. The highest BCUT2D eigenvalue weighted by atomic mass is 35.5. The molecule has 0 bridgehead atoms. The fraction of sp³-hybridized carbons (Fsp3) is 0.556. The molecule has 3 aliphatic rings. The summed E-state index contributed by atoms with van der Waals surface area (Å²) in [5, 5.41) is 3.72. The molecular formula is C27H35ClN2O4. The molecule has 2 unspecified atom stereocenters. The van der Waals surface area contributed by atoms with Gasteiger partial charge in [-0.3, -0.25) is 9.59 Å². The molecule has 3 atom stereocenters. The van der Waals surface area contributed by atoms with Crippen LogP contribution in [0.3, 0.4) is 0 Å². The molecule has 1 saturated carbocycles. The first-order chi connectivity index (χ1) is 16.3. The van der Waals surface area contributed by atoms with Crippen molar-refractivity contribution in [3.8, 4) is 0 Å². The minimum Gasteiger partial charge on any atom is -0.493 e. The Morgan fingerprint density at radius 2 is 1.76 bits per heavy atom. The van der Waals surface area contributed by atoms with Crippen LogP contribution in [0.5, 0.6) is 0 Å². The highest BCUT2D eigenvalue weighted by Gasteiger charge is 2.46. The van der Waals surface area contributed by atoms with Crippen LogP contribution in [-0.4, -0.2) is 42.0 Å². The van der Waals surface area contributed by atoms with E-state index in [0.29, 0.717) is 17.2 Å². The van der Waals surface area contributed by atoms with Gasteiger partial charge in [0.05, 0.1) is 19.3 Å². The Bertz CT molecular complexity index is 963. The van der Waals surface area contributed by atoms with E-state index >= 15 is 0 Å². The third kappa shape index (κ3) is 5.27. The van der Waals surface area contributed by atoms with E-state index in [2.05, 4.69) is 22.4 Å². The number of carbonyl (C=O) groups is 2. The first-order valence-corrected chi connectivity index (χ1v) is 12.6. The summed E-state index contributed by atoms with van der Waals surface area (Å²) >= 11 is 6.20. The van der Waals surface area contributed by atoms with Gasteiger partial charge in [-0.25, -0.2) is 0 Å². The Kier molecular flexibility index (Phi) is 7.56. The maximum Gasteiger partial charge on any atom is 0.223 e. The lowest BCUT2D eigenvalue weighted by molar-refractivity contribution is -0.145. The van der Waals surface area contributed by atoms with Gasteiger partial charge in [-0.2, -0.15) is 0 Å². The number of allylic oxidation sites excluding steroid dienone is 1. The lowest BCUT2D eigenvalue weighted by atomic mass is 9.72. The molecular weight excluding hydrogens is 452 g/mol. The van der Waals surface area contributed by atoms with Crippen molar-refractivity contribution in [3.05, 3.63) is 58.5 Å². The van der Waals surface area contributed by atoms with Crippen molar-refractivity contribution < 1.29 is 19.1 Å². The van der Waals surface area contributed by atoms with Crippen molar-refractivity contribution >= 4 is 23.4 Å². The molecule has 0 radical (unpaired) electrons. The van der Waals surface area contributed by atoms with Crippen molar-refractivity contribution in [2.45, 2.75) is 77.1 Å². The maximum atomic E-state index is 13.6. The number of amides is 2. The van der Waals surface area contributed by atoms with E-state index in [1.807, 2.05) is 38.1 Å². The Morgan fingerprint density at radius 1 is 1.09 bits per heavy atom. The molecule has 2 fully saturated rings. The van der Waals surface area contributed by atoms with Gasteiger partial charge in [0.1, 0.15) is 0 Å². The van der Waals surface area contributed by atoms with Crippen LogP contribution in [0.2, 0.25) is 5.02 Å². The predicted molar refractivity (Wildman–Crippen MR) is 132 cm³/mol. The molecule has 1 saturated heterocycles. The van der Waals surface area contributed by atoms with Crippen molar-refractivity contribution in [1.82, 2.24) is 10.2 Å². The minimum atomic E-state index is -0.119. The molecule has 184 valence electrons. The molecule has 6 nitrogen and oxygen atoms in total. The third-order valence-electron chi connectivity index (χ3n) is 7.10. The van der Waals surface area contributed by atoms with Crippen molar-refractivity contribution in [2.75, 3.05) is 7.11 Å². The van der Waals surface area contributed by atoms with E-state index in [0.717, 1.165) is 37.0 Å². The van der Waals surface area contributed by atoms with Crippen LogP contribution in [0.1, 0.15) is 64.5 Å². The van der Waals surface area contributed by atoms with Crippen molar-refractivity contribution in [3.63, 3.8) is 0 Å². The van der Waals surface area contributed by atoms with Crippen molar-refractivity contribution in [1.29, 1.82) is 0 Å². The van der Waals surface area contributed by atoms with Gasteiger partial charge in [-0.1, -0.05) is 23.7 Å². The normalized spacial score (nSPS) is 29.2. The number of likely N-dealkylation sites (tertiary alicyclic amines) is 1. The SMILES string of the molecule is COC1=C[C@@H]2CC(=O)N(C3CCC(NC(C)=O)CC3)C(c3ccc(Cl)cc3)C2C=C1OC(C)C. The fourth-order valence-corrected chi connectivity index (χ4v) is 5.84. The second-order valence-corrected chi connectivity index (χ2v) is 10.3. The summed E-state index contributed by atoms with van der Waals surface area (Å²) in [5.41, 5.74) is 1.07. The number of hydrogen-bond acceptors (Lipinski definition) is 4. The number of nitrogens with zero attached hydrogens (tertiary/aromatic N) is 1. The standard InChI is InChI=1S/C27H35ClN2O4/c1-16(2)34-25-15-23-19(13-24(25)33-4)14-26(32)30(27(23)18-5-7-20(28)8-6-18)22-11-9-21(10-12-22)29-17(3)31/h5-8,13,15-16,19,21-23,27H,9-12,14H2,1-4H3,(H,29,31)/t19-,21?,22?,23?,27?/m1/s1. The summed E-state index contributed by atoms with van der Waals surface area (Å²) in [6.07, 6.45) is 8.17. The number of ether oxygens (including phenoxy) is 2. The van der Waals surface area contributed by atoms with Crippen LogP contribution in [0.25, 0.3) is 0 Å². The summed E-state index contributed by atoms with van der Waals surface area (Å²) < 4.78 is 11.7. The lowest BCUT2D eigenvalue weighted by Crippen LogP contribution is -2.53. The largest absolute Gasteiger partial charge is 0.493 e. The molecule has 1 aromatic rings. The number of methoxy groups -OCH3 is 1. The number of rotatable bonds is 6. The minimum absolute atomic E-state index is 0.00476. The number of halogens is 1. The van der Waals surface area contributed by atoms with Crippen LogP contribution in [-0.2, 0) is 19.1 Å². The topological polar surface area (TPSA) is 67.9 Å². The first kappa shape index (κ1) is 24.6. The summed E-state index contributed by atoms with van der Waals surface area (Å²) in [6.45, 7) is 5.56. The van der Waals surface area contributed by atoms with Gasteiger partial charge < -0.3 is 19.7 Å². The van der Waals surface area contributed by atoms with Gasteiger partial charge >= 0.3 is 0 Å². The second kappa shape index (κ2) is 10.4. The molecule has 1 N–H and O–H groups in total. The van der Waals surface area contributed by atoms with Gasteiger partial charge in [0.25, 0.3) is 0 Å². The van der Waals surface area contributed by atoms with Gasteiger partial charge in [0.15, 0.2) is 11.5 Å². The zero-order valence-corrected chi connectivity index (χ0v) is 21.2. The number of hydrogen-bond donors (Lipinski definition) is 1. The molecule has 0 spiro atoms. The molecule has 4 rings (SSSR count). The van der Waals surface area contributed by atoms with Crippen molar-refractivity contribution in [2.24, 2.45) is 11.8 Å². The second-order valence-electron chi connectivity index (χ2n) is 9.88. The fourth-order valence-electron chi connectivity index (χ4n) is 5.72. The number of carbonyl (C=O) groups excluding carboxylic acids is 2. The van der Waals surface area contributed by atoms with Gasteiger partial charge in [-0.05, 0) is 75.3 Å². The summed E-state index contributed by atoms with van der Waals surface area (Å²) in [4.78, 5) is 27.2. The first-order valence-electron chi connectivity index (χ1n) is 12.2. The van der Waals surface area contributed by atoms with Crippen LogP contribution in [0.15, 0.2) is 47.9 Å². The van der Waals surface area contributed by atoms with E-state index < -0.39 is 0 Å². The van der Waals surface area contributed by atoms with Gasteiger partial charge in [-0.15, -0.1) is 0 Å². The van der Waals surface area contributed by atoms with E-state index in [-0.39, 0.29) is 47.9 Å². The zero-order valence-electron chi connectivity index (χ0n) is 20.4. The van der Waals surface area contributed by atoms with E-state index in [9.17, 15) is 9.59 Å². The number of fused-ring (bicyclic) bond motifs is 1. The van der Waals surface area contributed by atoms with E-state index in [4.69, 9.17) is 21.1 Å². The molecule has 2 aliphatic carbocycles. The molecule has 2 amide bonds. The highest BCUT2D eigenvalue weighted by molar-refractivity contribution is 6.30. The molecule has 1 aromatic carbocycles. The quantitative estimate of drug-likeness (QED) is 0.604. The van der Waals surface area contributed by atoms with Gasteiger partial charge in [0, 0.05) is 36.4 Å². The van der Waals surface area contributed by atoms with Crippen LogP contribution >= 0.6 is 11.6 Å². The lowest BCUT2D eigenvalue weighted by Gasteiger charge is -2.50. The van der Waals surface area contributed by atoms with Gasteiger partial charge in [0.2, 0.25) is 11.8 Å². The molecule has 34 heavy (non-hydrogen) atoms. The summed E-state index contributed by atoms with van der Waals surface area (Å²) in [6, 6.07) is 8.05. The Labute approximate surface area is 207 Å². The zero-order chi connectivity index (χ0) is 24.4. The molecule has 7 heteroatoms. The van der Waals surface area contributed by atoms with Crippen LogP contribution < -0.4 is 5.32 Å². The van der Waals surface area contributed by atoms with Crippen LogP contribution in [0.4, 0.5) is 0 Å². The average Bonchev–Trinajstić information content (AvgIpc) is 2.79. The number of piperidine rings is 1. The highest BCUT2D eigenvalue weighted by Crippen LogP contribution is 2.48. The number of benzene rings is 1. The molecule has 1 aliphatic heterocycles. The third-order valence-corrected chi connectivity index (χ3v) is 7.35. The summed E-state index contributed by atoms with van der Waals surface area (Å²) in [5.74, 6) is 1.71. The van der Waals surface area contributed by atoms with E-state index in [1.165, 1.54) is 0 Å². The smallest absolute Gasteiger partial charge is 0.223 e. The van der Waals surface area contributed by atoms with E-state index in [1.54, 1.807) is 14.0 Å². The number of nitrogens with one attached hydrogen (secondary N) is 1.